The number of rotatable bonds is 4. The first kappa shape index (κ1) is 19.5. The number of nitrogens with zero attached hydrogens (tertiary/aromatic N) is 2. The molecule has 0 bridgehead atoms. The number of pyridine rings is 1. The lowest BCUT2D eigenvalue weighted by molar-refractivity contribution is -0.0682. The van der Waals surface area contributed by atoms with Crippen LogP contribution in [0.1, 0.15) is 50.9 Å². The van der Waals surface area contributed by atoms with Crippen molar-refractivity contribution < 1.29 is 18.7 Å². The summed E-state index contributed by atoms with van der Waals surface area (Å²) in [5, 5.41) is 0.635. The highest BCUT2D eigenvalue weighted by Crippen LogP contribution is 2.33. The van der Waals surface area contributed by atoms with E-state index in [1.807, 2.05) is 0 Å². The number of ether oxygens (including phenoxy) is 2. The summed E-state index contributed by atoms with van der Waals surface area (Å²) < 4.78 is 25.2. The number of fused-ring (bicyclic) bond motifs is 1. The van der Waals surface area contributed by atoms with Crippen molar-refractivity contribution in [3.8, 4) is 0 Å². The van der Waals surface area contributed by atoms with E-state index in [1.54, 1.807) is 13.0 Å². The first-order chi connectivity index (χ1) is 12.8. The molecule has 1 saturated heterocycles. The Balaban J connectivity index is 1.95. The van der Waals surface area contributed by atoms with E-state index in [0.29, 0.717) is 22.2 Å². The van der Waals surface area contributed by atoms with Crippen LogP contribution in [0.4, 0.5) is 10.1 Å². The Kier molecular flexibility index (Phi) is 5.65. The fourth-order valence-corrected chi connectivity index (χ4v) is 3.55. The molecular weight excluding hydrogens is 347 g/mol. The van der Waals surface area contributed by atoms with Crippen molar-refractivity contribution in [1.29, 1.82) is 0 Å². The van der Waals surface area contributed by atoms with Gasteiger partial charge in [0.1, 0.15) is 11.4 Å². The van der Waals surface area contributed by atoms with Crippen LogP contribution >= 0.6 is 0 Å². The van der Waals surface area contributed by atoms with Gasteiger partial charge in [0.05, 0.1) is 29.5 Å². The third-order valence-corrected chi connectivity index (χ3v) is 4.58. The van der Waals surface area contributed by atoms with E-state index >= 15 is 0 Å². The van der Waals surface area contributed by atoms with Gasteiger partial charge in [-0.1, -0.05) is 0 Å². The Morgan fingerprint density at radius 3 is 2.63 bits per heavy atom. The molecule has 2 aromatic rings. The lowest BCUT2D eigenvalue weighted by Crippen LogP contribution is -2.40. The van der Waals surface area contributed by atoms with Crippen molar-refractivity contribution >= 4 is 22.6 Å². The summed E-state index contributed by atoms with van der Waals surface area (Å²) in [6.07, 6.45) is 3.40. The Morgan fingerprint density at radius 1 is 1.30 bits per heavy atom. The van der Waals surface area contributed by atoms with E-state index in [0.717, 1.165) is 25.9 Å². The minimum absolute atomic E-state index is 0.178. The van der Waals surface area contributed by atoms with Gasteiger partial charge in [-0.2, -0.15) is 0 Å². The van der Waals surface area contributed by atoms with Gasteiger partial charge in [0, 0.05) is 24.7 Å². The molecule has 0 spiro atoms. The molecule has 1 aliphatic heterocycles. The number of anilines is 1. The number of carbonyl (C=O) groups is 1. The number of aromatic nitrogens is 1. The lowest BCUT2D eigenvalue weighted by Gasteiger charge is -2.37. The minimum atomic E-state index is -0.431. The number of hydrogen-bond donors (Lipinski definition) is 0. The number of esters is 1. The van der Waals surface area contributed by atoms with Crippen LogP contribution < -0.4 is 4.90 Å². The standard InChI is InChI=1S/C21H27FN2O3/c1-5-26-20(25)17-13-23-18-7-6-14(22)12-16(18)19(17)24-10-8-15(9-11-24)27-21(2,3)4/h6-7,12-13,15H,5,8-11H2,1-4H3. The summed E-state index contributed by atoms with van der Waals surface area (Å²) in [7, 11) is 0. The molecule has 2 heterocycles. The zero-order valence-corrected chi connectivity index (χ0v) is 16.4. The smallest absolute Gasteiger partial charge is 0.341 e. The van der Waals surface area contributed by atoms with Crippen molar-refractivity contribution in [1.82, 2.24) is 4.98 Å². The van der Waals surface area contributed by atoms with Crippen LogP contribution in [0.25, 0.3) is 10.9 Å². The molecule has 0 unspecified atom stereocenters. The molecule has 0 radical (unpaired) electrons. The van der Waals surface area contributed by atoms with E-state index in [4.69, 9.17) is 9.47 Å². The molecule has 1 aromatic carbocycles. The highest BCUT2D eigenvalue weighted by Gasteiger charge is 2.28. The van der Waals surface area contributed by atoms with Crippen LogP contribution in [0.15, 0.2) is 24.4 Å². The molecule has 6 heteroatoms. The number of hydrogen-bond acceptors (Lipinski definition) is 5. The quantitative estimate of drug-likeness (QED) is 0.746. The van der Waals surface area contributed by atoms with Crippen LogP contribution in [0.2, 0.25) is 0 Å². The summed E-state index contributed by atoms with van der Waals surface area (Å²) in [6.45, 7) is 9.65. The molecule has 1 aromatic heterocycles. The maximum Gasteiger partial charge on any atom is 0.341 e. The van der Waals surface area contributed by atoms with Crippen molar-refractivity contribution in [2.75, 3.05) is 24.6 Å². The molecule has 0 N–H and O–H groups in total. The van der Waals surface area contributed by atoms with Gasteiger partial charge >= 0.3 is 5.97 Å². The molecule has 0 saturated carbocycles. The molecule has 5 nitrogen and oxygen atoms in total. The van der Waals surface area contributed by atoms with Crippen LogP contribution in [-0.2, 0) is 9.47 Å². The molecule has 1 fully saturated rings. The van der Waals surface area contributed by atoms with E-state index in [2.05, 4.69) is 30.7 Å². The number of halogens is 1. The van der Waals surface area contributed by atoms with E-state index in [-0.39, 0.29) is 24.1 Å². The monoisotopic (exact) mass is 374 g/mol. The zero-order chi connectivity index (χ0) is 19.6. The Morgan fingerprint density at radius 2 is 2.00 bits per heavy atom. The molecule has 0 amide bonds. The fraction of sp³-hybridized carbons (Fsp3) is 0.524. The Bertz CT molecular complexity index is 824. The SMILES string of the molecule is CCOC(=O)c1cnc2ccc(F)cc2c1N1CCC(OC(C)(C)C)CC1. The highest BCUT2D eigenvalue weighted by atomic mass is 19.1. The minimum Gasteiger partial charge on any atom is -0.462 e. The topological polar surface area (TPSA) is 51.7 Å². The summed E-state index contributed by atoms with van der Waals surface area (Å²) in [5.41, 5.74) is 1.56. The zero-order valence-electron chi connectivity index (χ0n) is 16.4. The molecule has 0 atom stereocenters. The van der Waals surface area contributed by atoms with Gasteiger partial charge in [-0.25, -0.2) is 9.18 Å². The van der Waals surface area contributed by atoms with E-state index in [1.165, 1.54) is 18.3 Å². The first-order valence-electron chi connectivity index (χ1n) is 9.46. The number of benzene rings is 1. The second kappa shape index (κ2) is 7.80. The van der Waals surface area contributed by atoms with Crippen molar-refractivity contribution in [3.05, 3.63) is 35.8 Å². The van der Waals surface area contributed by atoms with Gasteiger partial charge in [0.2, 0.25) is 0 Å². The van der Waals surface area contributed by atoms with Gasteiger partial charge in [0.25, 0.3) is 0 Å². The van der Waals surface area contributed by atoms with Crippen LogP contribution in [0, 0.1) is 5.82 Å². The average Bonchev–Trinajstić information content (AvgIpc) is 2.60. The van der Waals surface area contributed by atoms with Crippen molar-refractivity contribution in [3.63, 3.8) is 0 Å². The average molecular weight is 374 g/mol. The number of carbonyl (C=O) groups excluding carboxylic acids is 1. The van der Waals surface area contributed by atoms with Gasteiger partial charge in [0.15, 0.2) is 0 Å². The fourth-order valence-electron chi connectivity index (χ4n) is 3.55. The molecule has 3 rings (SSSR count). The Hall–Kier alpha value is -2.21. The molecule has 27 heavy (non-hydrogen) atoms. The lowest BCUT2D eigenvalue weighted by atomic mass is 10.0. The summed E-state index contributed by atoms with van der Waals surface area (Å²) >= 11 is 0. The van der Waals surface area contributed by atoms with Gasteiger partial charge in [-0.05, 0) is 58.7 Å². The Labute approximate surface area is 159 Å². The summed E-state index contributed by atoms with van der Waals surface area (Å²) in [6, 6.07) is 4.46. The summed E-state index contributed by atoms with van der Waals surface area (Å²) in [5.74, 6) is -0.781. The predicted molar refractivity (Wildman–Crippen MR) is 104 cm³/mol. The van der Waals surface area contributed by atoms with Gasteiger partial charge < -0.3 is 14.4 Å². The first-order valence-corrected chi connectivity index (χ1v) is 9.46. The maximum atomic E-state index is 13.9. The molecular formula is C21H27FN2O3. The highest BCUT2D eigenvalue weighted by molar-refractivity contribution is 6.05. The van der Waals surface area contributed by atoms with E-state index < -0.39 is 5.97 Å². The molecule has 0 aliphatic carbocycles. The van der Waals surface area contributed by atoms with Crippen LogP contribution in [0.5, 0.6) is 0 Å². The second-order valence-corrected chi connectivity index (χ2v) is 7.82. The van der Waals surface area contributed by atoms with Crippen LogP contribution in [-0.4, -0.2) is 42.4 Å². The largest absolute Gasteiger partial charge is 0.462 e. The predicted octanol–water partition coefficient (Wildman–Crippen LogP) is 4.33. The van der Waals surface area contributed by atoms with Gasteiger partial charge in [-0.3, -0.25) is 4.98 Å². The second-order valence-electron chi connectivity index (χ2n) is 7.82. The summed E-state index contributed by atoms with van der Waals surface area (Å²) in [4.78, 5) is 18.9. The third-order valence-electron chi connectivity index (χ3n) is 4.58. The maximum absolute atomic E-state index is 13.9. The molecule has 146 valence electrons. The third kappa shape index (κ3) is 4.56. The normalized spacial score (nSPS) is 16.0. The number of piperidine rings is 1. The van der Waals surface area contributed by atoms with E-state index in [9.17, 15) is 9.18 Å². The van der Waals surface area contributed by atoms with Crippen molar-refractivity contribution in [2.24, 2.45) is 0 Å². The van der Waals surface area contributed by atoms with Gasteiger partial charge in [-0.15, -0.1) is 0 Å². The van der Waals surface area contributed by atoms with Crippen LogP contribution in [0.3, 0.4) is 0 Å². The van der Waals surface area contributed by atoms with Crippen molar-refractivity contribution in [2.45, 2.75) is 52.2 Å². The molecule has 1 aliphatic rings.